The van der Waals surface area contributed by atoms with Crippen LogP contribution in [0.4, 0.5) is 0 Å². The molecule has 52 valence electrons. The van der Waals surface area contributed by atoms with Crippen LogP contribution in [0.25, 0.3) is 0 Å². The lowest BCUT2D eigenvalue weighted by Gasteiger charge is -1.96. The Kier molecular flexibility index (Phi) is 2.19. The number of nitrogens with zero attached hydrogens (tertiary/aromatic N) is 2. The molecule has 0 N–H and O–H groups in total. The number of halogens is 1. The largest absolute Gasteiger partial charge is 0.326 e. The molecule has 0 atom stereocenters. The Morgan fingerprint density at radius 3 is 2.50 bits per heavy atom. The molecule has 0 aromatic carbocycles. The van der Waals surface area contributed by atoms with E-state index in [4.69, 9.17) is 7.85 Å². The van der Waals surface area contributed by atoms with E-state index in [2.05, 4.69) is 20.9 Å². The van der Waals surface area contributed by atoms with E-state index in [9.17, 15) is 0 Å². The fourth-order valence-electron chi connectivity index (χ4n) is 0.862. The predicted molar refractivity (Wildman–Crippen MR) is 45.7 cm³/mol. The molecule has 0 fully saturated rings. The van der Waals surface area contributed by atoms with Crippen molar-refractivity contribution in [3.8, 4) is 0 Å². The van der Waals surface area contributed by atoms with Crippen molar-refractivity contribution >= 4 is 29.4 Å². The summed E-state index contributed by atoms with van der Waals surface area (Å²) in [5.41, 5.74) is 0.569. The van der Waals surface area contributed by atoms with Gasteiger partial charge in [-0.3, -0.25) is 0 Å². The summed E-state index contributed by atoms with van der Waals surface area (Å²) in [6.07, 6.45) is 0.909. The molecule has 0 aliphatic carbocycles. The summed E-state index contributed by atoms with van der Waals surface area (Å²) in [5.74, 6) is 1.00. The SMILES string of the molecule is [B]c1nc(CC)n(C)c1Br. The van der Waals surface area contributed by atoms with E-state index in [1.165, 1.54) is 0 Å². The third kappa shape index (κ3) is 1.12. The summed E-state index contributed by atoms with van der Waals surface area (Å²) in [6, 6.07) is 0. The van der Waals surface area contributed by atoms with Crippen LogP contribution in [0.1, 0.15) is 12.7 Å². The molecule has 2 radical (unpaired) electrons. The van der Waals surface area contributed by atoms with Crippen LogP contribution in [0.2, 0.25) is 0 Å². The zero-order valence-corrected chi connectivity index (χ0v) is 7.64. The monoisotopic (exact) mass is 198 g/mol. The number of hydrogen-bond donors (Lipinski definition) is 0. The van der Waals surface area contributed by atoms with E-state index in [1.54, 1.807) is 0 Å². The lowest BCUT2D eigenvalue weighted by Crippen LogP contribution is -2.04. The fraction of sp³-hybridized carbons (Fsp3) is 0.500. The van der Waals surface area contributed by atoms with Crippen LogP contribution < -0.4 is 5.59 Å². The average molecular weight is 199 g/mol. The Bertz CT molecular complexity index is 244. The maximum Gasteiger partial charge on any atom is 0.145 e. The molecule has 1 aromatic heterocycles. The van der Waals surface area contributed by atoms with Gasteiger partial charge < -0.3 is 4.57 Å². The highest BCUT2D eigenvalue weighted by molar-refractivity contribution is 9.10. The van der Waals surface area contributed by atoms with Crippen molar-refractivity contribution in [3.05, 3.63) is 10.4 Å². The quantitative estimate of drug-likeness (QED) is 0.603. The number of hydrogen-bond acceptors (Lipinski definition) is 1. The van der Waals surface area contributed by atoms with Gasteiger partial charge in [0, 0.05) is 19.1 Å². The standard InChI is InChI=1S/C6H8BBrN2/c1-3-4-9-5(7)6(8)10(4)2/h3H2,1-2H3. The molecule has 0 saturated heterocycles. The van der Waals surface area contributed by atoms with E-state index in [1.807, 2.05) is 18.5 Å². The Balaban J connectivity index is 3.17. The fourth-order valence-corrected chi connectivity index (χ4v) is 1.15. The van der Waals surface area contributed by atoms with E-state index in [0.29, 0.717) is 5.59 Å². The normalized spacial score (nSPS) is 10.3. The highest BCUT2D eigenvalue weighted by Crippen LogP contribution is 2.06. The zero-order chi connectivity index (χ0) is 7.72. The maximum atomic E-state index is 5.54. The first-order valence-electron chi connectivity index (χ1n) is 3.13. The molecule has 0 bridgehead atoms. The molecule has 0 unspecified atom stereocenters. The van der Waals surface area contributed by atoms with Crippen molar-refractivity contribution in [2.24, 2.45) is 7.05 Å². The number of aromatic nitrogens is 2. The summed E-state index contributed by atoms with van der Waals surface area (Å²) in [4.78, 5) is 4.12. The van der Waals surface area contributed by atoms with E-state index in [-0.39, 0.29) is 0 Å². The second-order valence-electron chi connectivity index (χ2n) is 2.12. The van der Waals surface area contributed by atoms with Crippen LogP contribution >= 0.6 is 15.9 Å². The minimum atomic E-state index is 0.569. The van der Waals surface area contributed by atoms with Crippen LogP contribution in [-0.4, -0.2) is 17.4 Å². The molecule has 1 aromatic rings. The number of imidazole rings is 1. The molecule has 1 heterocycles. The first kappa shape index (κ1) is 7.86. The van der Waals surface area contributed by atoms with E-state index in [0.717, 1.165) is 16.8 Å². The van der Waals surface area contributed by atoms with Gasteiger partial charge in [0.05, 0.1) is 4.60 Å². The van der Waals surface area contributed by atoms with Gasteiger partial charge in [-0.25, -0.2) is 4.98 Å². The second-order valence-corrected chi connectivity index (χ2v) is 2.87. The van der Waals surface area contributed by atoms with E-state index >= 15 is 0 Å². The minimum Gasteiger partial charge on any atom is -0.326 e. The Labute approximate surface area is 70.2 Å². The first-order valence-corrected chi connectivity index (χ1v) is 3.92. The Morgan fingerprint density at radius 1 is 1.70 bits per heavy atom. The smallest absolute Gasteiger partial charge is 0.145 e. The topological polar surface area (TPSA) is 17.8 Å². The summed E-state index contributed by atoms with van der Waals surface area (Å²) in [6.45, 7) is 2.05. The molecule has 0 saturated carbocycles. The van der Waals surface area contributed by atoms with Gasteiger partial charge in [-0.2, -0.15) is 0 Å². The van der Waals surface area contributed by atoms with Crippen molar-refractivity contribution in [1.29, 1.82) is 0 Å². The van der Waals surface area contributed by atoms with Gasteiger partial charge in [-0.15, -0.1) is 0 Å². The molecular formula is C6H8BBrN2. The molecule has 0 aliphatic heterocycles. The summed E-state index contributed by atoms with van der Waals surface area (Å²) < 4.78 is 2.80. The summed E-state index contributed by atoms with van der Waals surface area (Å²) in [7, 11) is 7.48. The van der Waals surface area contributed by atoms with Gasteiger partial charge in [0.25, 0.3) is 0 Å². The van der Waals surface area contributed by atoms with E-state index < -0.39 is 0 Å². The lowest BCUT2D eigenvalue weighted by atomic mass is 10.1. The highest BCUT2D eigenvalue weighted by Gasteiger charge is 2.04. The van der Waals surface area contributed by atoms with Gasteiger partial charge >= 0.3 is 0 Å². The summed E-state index contributed by atoms with van der Waals surface area (Å²) in [5, 5.41) is 0. The second kappa shape index (κ2) is 2.78. The van der Waals surface area contributed by atoms with Crippen molar-refractivity contribution in [2.45, 2.75) is 13.3 Å². The van der Waals surface area contributed by atoms with Crippen LogP contribution in [0.3, 0.4) is 0 Å². The van der Waals surface area contributed by atoms with Gasteiger partial charge in [0.15, 0.2) is 0 Å². The van der Waals surface area contributed by atoms with Gasteiger partial charge in [0.2, 0.25) is 0 Å². The van der Waals surface area contributed by atoms with Crippen molar-refractivity contribution in [3.63, 3.8) is 0 Å². The molecule has 2 nitrogen and oxygen atoms in total. The van der Waals surface area contributed by atoms with Gasteiger partial charge in [-0.1, -0.05) is 6.92 Å². The Morgan fingerprint density at radius 2 is 2.30 bits per heavy atom. The molecule has 0 spiro atoms. The Hall–Kier alpha value is -0.245. The summed E-state index contributed by atoms with van der Waals surface area (Å²) >= 11 is 3.32. The molecule has 0 amide bonds. The molecule has 0 aliphatic rings. The minimum absolute atomic E-state index is 0.569. The van der Waals surface area contributed by atoms with Crippen LogP contribution in [0, 0.1) is 0 Å². The molecule has 10 heavy (non-hydrogen) atoms. The maximum absolute atomic E-state index is 5.54. The number of rotatable bonds is 1. The molecule has 4 heteroatoms. The predicted octanol–water partition coefficient (Wildman–Crippen LogP) is 0.539. The van der Waals surface area contributed by atoms with Crippen molar-refractivity contribution in [1.82, 2.24) is 9.55 Å². The van der Waals surface area contributed by atoms with Crippen LogP contribution in [0.5, 0.6) is 0 Å². The third-order valence-electron chi connectivity index (χ3n) is 1.46. The van der Waals surface area contributed by atoms with Crippen molar-refractivity contribution in [2.75, 3.05) is 0 Å². The van der Waals surface area contributed by atoms with Crippen LogP contribution in [-0.2, 0) is 13.5 Å². The van der Waals surface area contributed by atoms with Crippen LogP contribution in [0.15, 0.2) is 4.60 Å². The highest BCUT2D eigenvalue weighted by atomic mass is 79.9. The first-order chi connectivity index (χ1) is 4.66. The van der Waals surface area contributed by atoms with Gasteiger partial charge in [0.1, 0.15) is 13.7 Å². The molecule has 1 rings (SSSR count). The van der Waals surface area contributed by atoms with Crippen molar-refractivity contribution < 1.29 is 0 Å². The lowest BCUT2D eigenvalue weighted by molar-refractivity contribution is 0.794. The van der Waals surface area contributed by atoms with Gasteiger partial charge in [-0.05, 0) is 15.9 Å². The third-order valence-corrected chi connectivity index (χ3v) is 2.40. The average Bonchev–Trinajstić information content (AvgIpc) is 2.17. The molecular weight excluding hydrogens is 191 g/mol. The number of aryl methyl sites for hydroxylation is 1. The zero-order valence-electron chi connectivity index (χ0n) is 6.06.